The van der Waals surface area contributed by atoms with Gasteiger partial charge in [0, 0.05) is 6.21 Å². The molecule has 0 aliphatic carbocycles. The highest BCUT2D eigenvalue weighted by molar-refractivity contribution is 5.82. The molecule has 0 amide bonds. The van der Waals surface area contributed by atoms with Gasteiger partial charge in [-0.05, 0) is 73.2 Å². The molecule has 1 heterocycles. The van der Waals surface area contributed by atoms with E-state index < -0.39 is 0 Å². The lowest BCUT2D eigenvalue weighted by molar-refractivity contribution is 0.263. The molecular formula is C23H21NO3. The Morgan fingerprint density at radius 2 is 1.48 bits per heavy atom. The second-order valence-corrected chi connectivity index (χ2v) is 6.50. The van der Waals surface area contributed by atoms with Gasteiger partial charge in [-0.25, -0.2) is 0 Å². The van der Waals surface area contributed by atoms with Crippen molar-refractivity contribution in [3.05, 3.63) is 83.9 Å². The van der Waals surface area contributed by atoms with Gasteiger partial charge in [-0.3, -0.25) is 4.99 Å². The normalized spacial score (nSPS) is 15.7. The lowest BCUT2D eigenvalue weighted by Crippen LogP contribution is -2.03. The van der Waals surface area contributed by atoms with Crippen LogP contribution in [0, 0.1) is 6.92 Å². The van der Waals surface area contributed by atoms with Crippen LogP contribution in [-0.2, 0) is 4.74 Å². The standard InChI is InChI=1S/C23H21NO3/c1-17-2-8-21(9-3-17)27-22-12-6-19(7-13-22)24-14-18-4-10-20(11-5-18)25-15-23-16-26-23/h2-14,23H,15-16H2,1H3. The van der Waals surface area contributed by atoms with Gasteiger partial charge in [-0.2, -0.15) is 0 Å². The number of epoxide rings is 1. The quantitative estimate of drug-likeness (QED) is 0.424. The Bertz CT molecular complexity index is 896. The molecule has 4 heteroatoms. The molecule has 1 atom stereocenters. The third kappa shape index (κ3) is 5.19. The molecule has 4 nitrogen and oxygen atoms in total. The SMILES string of the molecule is Cc1ccc(Oc2ccc(N=Cc3ccc(OCC4CO4)cc3)cc2)cc1. The molecule has 4 rings (SSSR count). The van der Waals surface area contributed by atoms with Crippen molar-refractivity contribution < 1.29 is 14.2 Å². The van der Waals surface area contributed by atoms with Crippen LogP contribution in [0.3, 0.4) is 0 Å². The molecule has 0 bridgehead atoms. The van der Waals surface area contributed by atoms with E-state index in [-0.39, 0.29) is 6.10 Å². The van der Waals surface area contributed by atoms with Crippen molar-refractivity contribution in [3.63, 3.8) is 0 Å². The minimum atomic E-state index is 0.268. The average molecular weight is 359 g/mol. The van der Waals surface area contributed by atoms with Crippen molar-refractivity contribution in [2.45, 2.75) is 13.0 Å². The number of ether oxygens (including phenoxy) is 3. The van der Waals surface area contributed by atoms with Gasteiger partial charge >= 0.3 is 0 Å². The molecule has 0 saturated carbocycles. The highest BCUT2D eigenvalue weighted by Gasteiger charge is 2.22. The second-order valence-electron chi connectivity index (χ2n) is 6.50. The van der Waals surface area contributed by atoms with Crippen LogP contribution in [0.25, 0.3) is 0 Å². The fourth-order valence-corrected chi connectivity index (χ4v) is 2.50. The summed E-state index contributed by atoms with van der Waals surface area (Å²) in [5.74, 6) is 2.46. The van der Waals surface area contributed by atoms with Crippen molar-refractivity contribution in [3.8, 4) is 17.2 Å². The summed E-state index contributed by atoms with van der Waals surface area (Å²) in [6, 6.07) is 23.6. The topological polar surface area (TPSA) is 43.4 Å². The van der Waals surface area contributed by atoms with E-state index >= 15 is 0 Å². The Kier molecular flexibility index (Phi) is 5.17. The molecule has 1 fully saturated rings. The molecule has 1 unspecified atom stereocenters. The van der Waals surface area contributed by atoms with E-state index in [0.29, 0.717) is 6.61 Å². The Hall–Kier alpha value is -3.11. The van der Waals surface area contributed by atoms with Crippen LogP contribution in [0.2, 0.25) is 0 Å². The third-order valence-electron chi connectivity index (χ3n) is 4.17. The van der Waals surface area contributed by atoms with Gasteiger partial charge in [0.25, 0.3) is 0 Å². The summed E-state index contributed by atoms with van der Waals surface area (Å²) in [4.78, 5) is 4.51. The van der Waals surface area contributed by atoms with Crippen LogP contribution in [-0.4, -0.2) is 25.5 Å². The van der Waals surface area contributed by atoms with Gasteiger partial charge in [-0.1, -0.05) is 17.7 Å². The van der Waals surface area contributed by atoms with Gasteiger partial charge in [0.05, 0.1) is 12.3 Å². The Labute approximate surface area is 159 Å². The lowest BCUT2D eigenvalue weighted by Gasteiger charge is -2.06. The summed E-state index contributed by atoms with van der Waals surface area (Å²) in [7, 11) is 0. The predicted octanol–water partition coefficient (Wildman–Crippen LogP) is 5.32. The van der Waals surface area contributed by atoms with E-state index in [4.69, 9.17) is 14.2 Å². The first kappa shape index (κ1) is 17.3. The predicted molar refractivity (Wildman–Crippen MR) is 107 cm³/mol. The number of aliphatic imine (C=N–C) groups is 1. The van der Waals surface area contributed by atoms with E-state index in [0.717, 1.165) is 35.1 Å². The molecule has 0 aromatic heterocycles. The van der Waals surface area contributed by atoms with Crippen LogP contribution in [0.5, 0.6) is 17.2 Å². The maximum absolute atomic E-state index is 5.83. The highest BCUT2D eigenvalue weighted by atomic mass is 16.6. The molecule has 3 aromatic rings. The molecule has 0 spiro atoms. The van der Waals surface area contributed by atoms with Gasteiger partial charge in [0.1, 0.15) is 30.0 Å². The lowest BCUT2D eigenvalue weighted by atomic mass is 10.2. The maximum atomic E-state index is 5.83. The van der Waals surface area contributed by atoms with Crippen LogP contribution >= 0.6 is 0 Å². The number of hydrogen-bond donors (Lipinski definition) is 0. The first-order valence-corrected chi connectivity index (χ1v) is 8.98. The highest BCUT2D eigenvalue weighted by Crippen LogP contribution is 2.24. The van der Waals surface area contributed by atoms with Crippen LogP contribution < -0.4 is 9.47 Å². The first-order chi connectivity index (χ1) is 13.2. The monoisotopic (exact) mass is 359 g/mol. The minimum absolute atomic E-state index is 0.268. The van der Waals surface area contributed by atoms with Crippen molar-refractivity contribution in [1.29, 1.82) is 0 Å². The van der Waals surface area contributed by atoms with E-state index in [1.54, 1.807) is 0 Å². The first-order valence-electron chi connectivity index (χ1n) is 8.98. The molecule has 0 N–H and O–H groups in total. The zero-order chi connectivity index (χ0) is 18.5. The molecule has 136 valence electrons. The van der Waals surface area contributed by atoms with Crippen LogP contribution in [0.4, 0.5) is 5.69 Å². The van der Waals surface area contributed by atoms with Gasteiger partial charge in [-0.15, -0.1) is 0 Å². The summed E-state index contributed by atoms with van der Waals surface area (Å²) in [6.45, 7) is 3.48. The van der Waals surface area contributed by atoms with Crippen molar-refractivity contribution >= 4 is 11.9 Å². The van der Waals surface area contributed by atoms with Gasteiger partial charge < -0.3 is 14.2 Å². The Morgan fingerprint density at radius 3 is 2.11 bits per heavy atom. The second kappa shape index (κ2) is 8.06. The molecular weight excluding hydrogens is 338 g/mol. The zero-order valence-electron chi connectivity index (χ0n) is 15.2. The summed E-state index contributed by atoms with van der Waals surface area (Å²) in [5.41, 5.74) is 3.10. The fourth-order valence-electron chi connectivity index (χ4n) is 2.50. The number of rotatable bonds is 7. The third-order valence-corrected chi connectivity index (χ3v) is 4.17. The van der Waals surface area contributed by atoms with E-state index in [1.807, 2.05) is 79.0 Å². The van der Waals surface area contributed by atoms with E-state index in [2.05, 4.69) is 11.9 Å². The summed E-state index contributed by atoms with van der Waals surface area (Å²) >= 11 is 0. The number of benzene rings is 3. The number of hydrogen-bond acceptors (Lipinski definition) is 4. The summed E-state index contributed by atoms with van der Waals surface area (Å²) < 4.78 is 16.6. The largest absolute Gasteiger partial charge is 0.491 e. The Balaban J connectivity index is 1.33. The molecule has 0 radical (unpaired) electrons. The fraction of sp³-hybridized carbons (Fsp3) is 0.174. The zero-order valence-corrected chi connectivity index (χ0v) is 15.2. The van der Waals surface area contributed by atoms with Crippen molar-refractivity contribution in [1.82, 2.24) is 0 Å². The molecule has 3 aromatic carbocycles. The average Bonchev–Trinajstić information content (AvgIpc) is 3.53. The molecule has 27 heavy (non-hydrogen) atoms. The molecule has 1 aliphatic heterocycles. The van der Waals surface area contributed by atoms with Crippen LogP contribution in [0.15, 0.2) is 77.8 Å². The van der Waals surface area contributed by atoms with Crippen molar-refractivity contribution in [2.75, 3.05) is 13.2 Å². The van der Waals surface area contributed by atoms with Crippen molar-refractivity contribution in [2.24, 2.45) is 4.99 Å². The van der Waals surface area contributed by atoms with E-state index in [1.165, 1.54) is 5.56 Å². The number of aryl methyl sites for hydroxylation is 1. The van der Waals surface area contributed by atoms with E-state index in [9.17, 15) is 0 Å². The van der Waals surface area contributed by atoms with Gasteiger partial charge in [0.15, 0.2) is 0 Å². The summed E-state index contributed by atoms with van der Waals surface area (Å²) in [6.07, 6.45) is 2.10. The summed E-state index contributed by atoms with van der Waals surface area (Å²) in [5, 5.41) is 0. The molecule has 1 saturated heterocycles. The number of nitrogens with zero attached hydrogens (tertiary/aromatic N) is 1. The van der Waals surface area contributed by atoms with Gasteiger partial charge in [0.2, 0.25) is 0 Å². The Morgan fingerprint density at radius 1 is 0.889 bits per heavy atom. The minimum Gasteiger partial charge on any atom is -0.491 e. The molecule has 1 aliphatic rings. The van der Waals surface area contributed by atoms with Crippen LogP contribution in [0.1, 0.15) is 11.1 Å². The maximum Gasteiger partial charge on any atom is 0.127 e. The smallest absolute Gasteiger partial charge is 0.127 e.